The molecule has 98 valence electrons. The molecule has 3 nitrogen and oxygen atoms in total. The van der Waals surface area contributed by atoms with Crippen LogP contribution in [0.5, 0.6) is 0 Å². The molecule has 0 aromatic carbocycles. The summed E-state index contributed by atoms with van der Waals surface area (Å²) in [4.78, 5) is 14.0. The lowest BCUT2D eigenvalue weighted by molar-refractivity contribution is -0.130. The number of carbonyl (C=O) groups is 1. The Bertz CT molecular complexity index is 275. The summed E-state index contributed by atoms with van der Waals surface area (Å²) in [5.41, 5.74) is 5.55. The molecule has 2 N–H and O–H groups in total. The minimum absolute atomic E-state index is 0.135. The van der Waals surface area contributed by atoms with Crippen molar-refractivity contribution in [3.8, 4) is 0 Å². The third-order valence-electron chi connectivity index (χ3n) is 3.88. The van der Waals surface area contributed by atoms with E-state index in [9.17, 15) is 4.79 Å². The Balaban J connectivity index is 2.30. The van der Waals surface area contributed by atoms with E-state index in [1.165, 1.54) is 32.1 Å². The molecule has 0 heterocycles. The van der Waals surface area contributed by atoms with E-state index in [0.717, 1.165) is 12.3 Å². The molecule has 1 aliphatic carbocycles. The fraction of sp³-hybridized carbons (Fsp3) is 0.846. The Kier molecular flexibility index (Phi) is 5.89. The molecule has 0 saturated heterocycles. The second kappa shape index (κ2) is 6.94. The zero-order valence-electron chi connectivity index (χ0n) is 10.9. The van der Waals surface area contributed by atoms with E-state index in [4.69, 9.17) is 18.0 Å². The van der Waals surface area contributed by atoms with Crippen LogP contribution in [-0.4, -0.2) is 28.9 Å². The van der Waals surface area contributed by atoms with Gasteiger partial charge >= 0.3 is 0 Å². The quantitative estimate of drug-likeness (QED) is 0.769. The third kappa shape index (κ3) is 4.62. The molecule has 1 unspecified atom stereocenters. The molecule has 1 saturated carbocycles. The lowest BCUT2D eigenvalue weighted by Crippen LogP contribution is -2.42. The fourth-order valence-corrected chi connectivity index (χ4v) is 2.54. The van der Waals surface area contributed by atoms with Crippen molar-refractivity contribution in [2.45, 2.75) is 57.9 Å². The summed E-state index contributed by atoms with van der Waals surface area (Å²) in [5, 5.41) is 0. The van der Waals surface area contributed by atoms with Crippen LogP contribution in [0, 0.1) is 5.92 Å². The standard InChI is InChI=1S/C13H24N2OS/c1-10(13(14)17)15(2)12(16)9-8-11-6-4-3-5-7-11/h10-11H,3-9H2,1-2H3,(H2,14,17). The number of hydrogen-bond acceptors (Lipinski definition) is 2. The number of nitrogens with zero attached hydrogens (tertiary/aromatic N) is 1. The van der Waals surface area contributed by atoms with Crippen LogP contribution in [0.3, 0.4) is 0 Å². The predicted octanol–water partition coefficient (Wildman–Crippen LogP) is 2.48. The maximum Gasteiger partial charge on any atom is 0.222 e. The highest BCUT2D eigenvalue weighted by Gasteiger charge is 2.20. The molecule has 1 rings (SSSR count). The van der Waals surface area contributed by atoms with E-state index < -0.39 is 0 Å². The molecule has 1 aliphatic rings. The van der Waals surface area contributed by atoms with E-state index >= 15 is 0 Å². The van der Waals surface area contributed by atoms with Crippen molar-refractivity contribution in [3.63, 3.8) is 0 Å². The average Bonchev–Trinajstić information content (AvgIpc) is 2.35. The molecule has 0 aromatic rings. The van der Waals surface area contributed by atoms with Crippen molar-refractivity contribution in [3.05, 3.63) is 0 Å². The first-order valence-electron chi connectivity index (χ1n) is 6.57. The zero-order valence-corrected chi connectivity index (χ0v) is 11.8. The second-order valence-electron chi connectivity index (χ2n) is 5.13. The van der Waals surface area contributed by atoms with E-state index in [-0.39, 0.29) is 11.9 Å². The third-order valence-corrected chi connectivity index (χ3v) is 4.22. The summed E-state index contributed by atoms with van der Waals surface area (Å²) in [6, 6.07) is -0.135. The van der Waals surface area contributed by atoms with Crippen LogP contribution in [0.1, 0.15) is 51.9 Å². The number of hydrogen-bond donors (Lipinski definition) is 1. The van der Waals surface area contributed by atoms with Crippen molar-refractivity contribution in [1.29, 1.82) is 0 Å². The predicted molar refractivity (Wildman–Crippen MR) is 74.8 cm³/mol. The van der Waals surface area contributed by atoms with Gasteiger partial charge in [-0.1, -0.05) is 44.3 Å². The van der Waals surface area contributed by atoms with Crippen molar-refractivity contribution >= 4 is 23.1 Å². The Morgan fingerprint density at radius 2 is 2.00 bits per heavy atom. The highest BCUT2D eigenvalue weighted by molar-refractivity contribution is 7.80. The number of amides is 1. The van der Waals surface area contributed by atoms with Gasteiger partial charge in [0, 0.05) is 13.5 Å². The van der Waals surface area contributed by atoms with Gasteiger partial charge in [-0.05, 0) is 19.3 Å². The van der Waals surface area contributed by atoms with Crippen LogP contribution >= 0.6 is 12.2 Å². The number of rotatable bonds is 5. The van der Waals surface area contributed by atoms with Gasteiger partial charge in [0.15, 0.2) is 0 Å². The SMILES string of the molecule is CC(C(N)=S)N(C)C(=O)CCC1CCCCC1. The molecule has 0 spiro atoms. The topological polar surface area (TPSA) is 46.3 Å². The van der Waals surface area contributed by atoms with E-state index in [1.54, 1.807) is 11.9 Å². The number of thiocarbonyl (C=S) groups is 1. The van der Waals surface area contributed by atoms with Gasteiger partial charge in [-0.25, -0.2) is 0 Å². The normalized spacial score (nSPS) is 18.7. The van der Waals surface area contributed by atoms with Gasteiger partial charge in [-0.15, -0.1) is 0 Å². The van der Waals surface area contributed by atoms with Crippen molar-refractivity contribution in [2.75, 3.05) is 7.05 Å². The highest BCUT2D eigenvalue weighted by atomic mass is 32.1. The second-order valence-corrected chi connectivity index (χ2v) is 5.60. The van der Waals surface area contributed by atoms with Crippen molar-refractivity contribution in [1.82, 2.24) is 4.90 Å². The minimum Gasteiger partial charge on any atom is -0.392 e. The average molecular weight is 256 g/mol. The summed E-state index contributed by atoms with van der Waals surface area (Å²) in [7, 11) is 1.78. The number of nitrogens with two attached hydrogens (primary N) is 1. The lowest BCUT2D eigenvalue weighted by atomic mass is 9.86. The smallest absolute Gasteiger partial charge is 0.222 e. The molecule has 0 bridgehead atoms. The Morgan fingerprint density at radius 3 is 2.53 bits per heavy atom. The molecule has 1 atom stereocenters. The molecule has 1 amide bonds. The first-order valence-corrected chi connectivity index (χ1v) is 6.98. The zero-order chi connectivity index (χ0) is 12.8. The maximum absolute atomic E-state index is 11.9. The summed E-state index contributed by atoms with van der Waals surface area (Å²) in [5.74, 6) is 0.914. The van der Waals surface area contributed by atoms with Gasteiger partial charge in [-0.3, -0.25) is 4.79 Å². The lowest BCUT2D eigenvalue weighted by Gasteiger charge is -2.26. The molecular weight excluding hydrogens is 232 g/mol. The monoisotopic (exact) mass is 256 g/mol. The van der Waals surface area contributed by atoms with E-state index in [0.29, 0.717) is 11.4 Å². The molecular formula is C13H24N2OS. The maximum atomic E-state index is 11.9. The van der Waals surface area contributed by atoms with Crippen LogP contribution in [0.25, 0.3) is 0 Å². The van der Waals surface area contributed by atoms with Gasteiger partial charge in [0.1, 0.15) is 0 Å². The minimum atomic E-state index is -0.135. The van der Waals surface area contributed by atoms with Crippen LogP contribution in [0.15, 0.2) is 0 Å². The van der Waals surface area contributed by atoms with Gasteiger partial charge in [0.25, 0.3) is 0 Å². The Labute approximate surface area is 110 Å². The molecule has 1 fully saturated rings. The summed E-state index contributed by atoms with van der Waals surface area (Å²) >= 11 is 4.91. The summed E-state index contributed by atoms with van der Waals surface area (Å²) < 4.78 is 0. The van der Waals surface area contributed by atoms with Crippen molar-refractivity contribution in [2.24, 2.45) is 11.7 Å². The first-order chi connectivity index (χ1) is 8.02. The van der Waals surface area contributed by atoms with Gasteiger partial charge < -0.3 is 10.6 Å². The Morgan fingerprint density at radius 1 is 1.41 bits per heavy atom. The van der Waals surface area contributed by atoms with Gasteiger partial charge in [0.2, 0.25) is 5.91 Å². The number of likely N-dealkylation sites (N-methyl/N-ethyl adjacent to an activating group) is 1. The van der Waals surface area contributed by atoms with Crippen LogP contribution < -0.4 is 5.73 Å². The van der Waals surface area contributed by atoms with Crippen LogP contribution in [0.2, 0.25) is 0 Å². The largest absolute Gasteiger partial charge is 0.392 e. The Hall–Kier alpha value is -0.640. The van der Waals surface area contributed by atoms with Crippen LogP contribution in [0.4, 0.5) is 0 Å². The molecule has 0 radical (unpaired) electrons. The van der Waals surface area contributed by atoms with Crippen molar-refractivity contribution < 1.29 is 4.79 Å². The summed E-state index contributed by atoms with van der Waals surface area (Å²) in [6.45, 7) is 1.88. The van der Waals surface area contributed by atoms with E-state index in [1.807, 2.05) is 6.92 Å². The number of carbonyl (C=O) groups excluding carboxylic acids is 1. The fourth-order valence-electron chi connectivity index (χ4n) is 2.39. The molecule has 4 heteroatoms. The first kappa shape index (κ1) is 14.4. The van der Waals surface area contributed by atoms with Gasteiger partial charge in [0.05, 0.1) is 11.0 Å². The highest BCUT2D eigenvalue weighted by Crippen LogP contribution is 2.27. The summed E-state index contributed by atoms with van der Waals surface area (Å²) in [6.07, 6.45) is 8.27. The van der Waals surface area contributed by atoms with Crippen LogP contribution in [-0.2, 0) is 4.79 Å². The van der Waals surface area contributed by atoms with E-state index in [2.05, 4.69) is 0 Å². The van der Waals surface area contributed by atoms with Gasteiger partial charge in [-0.2, -0.15) is 0 Å². The molecule has 0 aromatic heterocycles. The molecule has 0 aliphatic heterocycles. The molecule has 17 heavy (non-hydrogen) atoms.